The predicted molar refractivity (Wildman–Crippen MR) is 111 cm³/mol. The third-order valence-corrected chi connectivity index (χ3v) is 6.15. The Balaban J connectivity index is 1.81. The maximum absolute atomic E-state index is 13.2. The van der Waals surface area contributed by atoms with Crippen molar-refractivity contribution in [1.29, 1.82) is 0 Å². The van der Waals surface area contributed by atoms with Gasteiger partial charge in [-0.2, -0.15) is 0 Å². The fraction of sp³-hybridized carbons (Fsp3) is 0.476. The summed E-state index contributed by atoms with van der Waals surface area (Å²) in [5, 5.41) is 0. The van der Waals surface area contributed by atoms with Gasteiger partial charge in [0.05, 0.1) is 11.8 Å². The number of sulfonamides is 1. The lowest BCUT2D eigenvalue weighted by Gasteiger charge is -2.32. The van der Waals surface area contributed by atoms with Gasteiger partial charge in [-0.1, -0.05) is 18.2 Å². The van der Waals surface area contributed by atoms with Gasteiger partial charge >= 0.3 is 0 Å². The van der Waals surface area contributed by atoms with Crippen molar-refractivity contribution in [3.05, 3.63) is 52.8 Å². The SMILES string of the molecule is Cc1ccccc1-n1c(C)cc(C(=O)N2CCC[C@@H](CNS(C)(=O)=O)C2)c1C. The molecule has 7 heteroatoms. The second-order valence-electron chi connectivity index (χ2n) is 7.79. The molecular formula is C21H29N3O3S. The summed E-state index contributed by atoms with van der Waals surface area (Å²) in [4.78, 5) is 15.1. The molecule has 28 heavy (non-hydrogen) atoms. The highest BCUT2D eigenvalue weighted by Crippen LogP contribution is 2.26. The molecule has 1 saturated heterocycles. The molecule has 0 saturated carbocycles. The van der Waals surface area contributed by atoms with Gasteiger partial charge in [-0.3, -0.25) is 4.79 Å². The van der Waals surface area contributed by atoms with E-state index in [1.165, 1.54) is 6.26 Å². The smallest absolute Gasteiger partial charge is 0.255 e. The van der Waals surface area contributed by atoms with Crippen molar-refractivity contribution in [2.75, 3.05) is 25.9 Å². The van der Waals surface area contributed by atoms with E-state index in [-0.39, 0.29) is 11.8 Å². The number of amides is 1. The number of aromatic nitrogens is 1. The second-order valence-corrected chi connectivity index (χ2v) is 9.62. The van der Waals surface area contributed by atoms with Gasteiger partial charge in [-0.25, -0.2) is 13.1 Å². The van der Waals surface area contributed by atoms with E-state index in [1.807, 2.05) is 36.9 Å². The van der Waals surface area contributed by atoms with Crippen LogP contribution in [-0.4, -0.2) is 49.7 Å². The van der Waals surface area contributed by atoms with Crippen LogP contribution in [0.1, 0.15) is 40.2 Å². The van der Waals surface area contributed by atoms with Crippen molar-refractivity contribution in [2.24, 2.45) is 5.92 Å². The molecule has 0 aliphatic carbocycles. The molecule has 1 aromatic heterocycles. The summed E-state index contributed by atoms with van der Waals surface area (Å²) in [5.74, 6) is 0.171. The monoisotopic (exact) mass is 403 g/mol. The number of hydrogen-bond donors (Lipinski definition) is 1. The summed E-state index contributed by atoms with van der Waals surface area (Å²) in [7, 11) is -3.21. The molecule has 1 aromatic carbocycles. The number of aryl methyl sites for hydroxylation is 2. The molecule has 0 spiro atoms. The maximum atomic E-state index is 13.2. The van der Waals surface area contributed by atoms with Gasteiger partial charge in [-0.05, 0) is 57.2 Å². The van der Waals surface area contributed by atoms with Crippen molar-refractivity contribution in [3.63, 3.8) is 0 Å². The zero-order chi connectivity index (χ0) is 20.5. The molecule has 0 unspecified atom stereocenters. The Bertz CT molecular complexity index is 979. The van der Waals surface area contributed by atoms with E-state index in [1.54, 1.807) is 0 Å². The van der Waals surface area contributed by atoms with Crippen LogP contribution in [0.25, 0.3) is 5.69 Å². The number of piperidine rings is 1. The number of carbonyl (C=O) groups is 1. The number of benzene rings is 1. The number of para-hydroxylation sites is 1. The van der Waals surface area contributed by atoms with Crippen LogP contribution in [0.5, 0.6) is 0 Å². The number of likely N-dealkylation sites (tertiary alicyclic amines) is 1. The average Bonchev–Trinajstić information content (AvgIpc) is 2.94. The Kier molecular flexibility index (Phi) is 5.95. The Hall–Kier alpha value is -2.12. The largest absolute Gasteiger partial charge is 0.338 e. The van der Waals surface area contributed by atoms with Crippen molar-refractivity contribution < 1.29 is 13.2 Å². The highest BCUT2D eigenvalue weighted by molar-refractivity contribution is 7.88. The van der Waals surface area contributed by atoms with Crippen LogP contribution in [0.2, 0.25) is 0 Å². The fourth-order valence-corrected chi connectivity index (χ4v) is 4.56. The molecule has 1 atom stereocenters. The van der Waals surface area contributed by atoms with Gasteiger partial charge in [-0.15, -0.1) is 0 Å². The number of carbonyl (C=O) groups excluding carboxylic acids is 1. The molecule has 6 nitrogen and oxygen atoms in total. The van der Waals surface area contributed by atoms with Gasteiger partial charge < -0.3 is 9.47 Å². The van der Waals surface area contributed by atoms with Gasteiger partial charge in [0.1, 0.15) is 0 Å². The van der Waals surface area contributed by atoms with E-state index < -0.39 is 10.0 Å². The first-order valence-corrected chi connectivity index (χ1v) is 11.6. The van der Waals surface area contributed by atoms with E-state index in [9.17, 15) is 13.2 Å². The number of nitrogens with zero attached hydrogens (tertiary/aromatic N) is 2. The minimum Gasteiger partial charge on any atom is -0.338 e. The van der Waals surface area contributed by atoms with Crippen molar-refractivity contribution in [1.82, 2.24) is 14.2 Å². The molecule has 152 valence electrons. The fourth-order valence-electron chi connectivity index (χ4n) is 4.02. The van der Waals surface area contributed by atoms with Gasteiger partial charge in [0.25, 0.3) is 5.91 Å². The van der Waals surface area contributed by atoms with Gasteiger partial charge in [0, 0.05) is 36.7 Å². The molecule has 1 aliphatic heterocycles. The highest BCUT2D eigenvalue weighted by atomic mass is 32.2. The molecule has 2 aromatic rings. The summed E-state index contributed by atoms with van der Waals surface area (Å²) >= 11 is 0. The molecular weight excluding hydrogens is 374 g/mol. The summed E-state index contributed by atoms with van der Waals surface area (Å²) in [6.07, 6.45) is 2.98. The molecule has 0 radical (unpaired) electrons. The van der Waals surface area contributed by atoms with E-state index in [0.29, 0.717) is 19.6 Å². The average molecular weight is 404 g/mol. The zero-order valence-electron chi connectivity index (χ0n) is 17.0. The van der Waals surface area contributed by atoms with E-state index >= 15 is 0 Å². The van der Waals surface area contributed by atoms with E-state index in [2.05, 4.69) is 28.3 Å². The third kappa shape index (κ3) is 4.47. The summed E-state index contributed by atoms with van der Waals surface area (Å²) in [6.45, 7) is 7.74. The molecule has 3 rings (SSSR count). The minimum absolute atomic E-state index is 0.0250. The molecule has 2 heterocycles. The van der Waals surface area contributed by atoms with E-state index in [0.717, 1.165) is 41.0 Å². The first kappa shape index (κ1) is 20.6. The first-order chi connectivity index (χ1) is 13.2. The van der Waals surface area contributed by atoms with E-state index in [4.69, 9.17) is 0 Å². The summed E-state index contributed by atoms with van der Waals surface area (Å²) in [6, 6.07) is 10.1. The summed E-state index contributed by atoms with van der Waals surface area (Å²) < 4.78 is 27.4. The number of rotatable bonds is 5. The minimum atomic E-state index is -3.21. The van der Waals surface area contributed by atoms with Crippen LogP contribution in [0, 0.1) is 26.7 Å². The van der Waals surface area contributed by atoms with Crippen molar-refractivity contribution in [2.45, 2.75) is 33.6 Å². The lowest BCUT2D eigenvalue weighted by Crippen LogP contribution is -2.43. The van der Waals surface area contributed by atoms with Crippen LogP contribution < -0.4 is 4.72 Å². The van der Waals surface area contributed by atoms with Crippen LogP contribution >= 0.6 is 0 Å². The van der Waals surface area contributed by atoms with Crippen molar-refractivity contribution in [3.8, 4) is 5.69 Å². The summed E-state index contributed by atoms with van der Waals surface area (Å²) in [5.41, 5.74) is 4.94. The standard InChI is InChI=1S/C21H29N3O3S/c1-15-8-5-6-10-20(15)24-16(2)12-19(17(24)3)21(25)23-11-7-9-18(14-23)13-22-28(4,26)27/h5-6,8,10,12,18,22H,7,9,11,13-14H2,1-4H3/t18-/m0/s1. The lowest BCUT2D eigenvalue weighted by molar-refractivity contribution is 0.0675. The zero-order valence-corrected chi connectivity index (χ0v) is 17.8. The Labute approximate surface area is 167 Å². The Morgan fingerprint density at radius 1 is 1.21 bits per heavy atom. The Morgan fingerprint density at radius 2 is 1.93 bits per heavy atom. The predicted octanol–water partition coefficient (Wildman–Crippen LogP) is 2.80. The normalized spacial score (nSPS) is 17.7. The van der Waals surface area contributed by atoms with Crippen LogP contribution in [-0.2, 0) is 10.0 Å². The Morgan fingerprint density at radius 3 is 2.61 bits per heavy atom. The molecule has 1 fully saturated rings. The molecule has 1 aliphatic rings. The maximum Gasteiger partial charge on any atom is 0.255 e. The van der Waals surface area contributed by atoms with Gasteiger partial charge in [0.15, 0.2) is 0 Å². The quantitative estimate of drug-likeness (QED) is 0.834. The molecule has 0 bridgehead atoms. The van der Waals surface area contributed by atoms with Crippen molar-refractivity contribution >= 4 is 15.9 Å². The molecule has 1 amide bonds. The van der Waals surface area contributed by atoms with Crippen LogP contribution in [0.15, 0.2) is 30.3 Å². The molecule has 1 N–H and O–H groups in total. The highest BCUT2D eigenvalue weighted by Gasteiger charge is 2.27. The third-order valence-electron chi connectivity index (χ3n) is 5.46. The van der Waals surface area contributed by atoms with Gasteiger partial charge in [0.2, 0.25) is 10.0 Å². The lowest BCUT2D eigenvalue weighted by atomic mass is 9.97. The topological polar surface area (TPSA) is 71.4 Å². The van der Waals surface area contributed by atoms with Crippen LogP contribution in [0.4, 0.5) is 0 Å². The second kappa shape index (κ2) is 8.09. The number of nitrogens with one attached hydrogen (secondary N) is 1. The van der Waals surface area contributed by atoms with Crippen LogP contribution in [0.3, 0.4) is 0 Å². The first-order valence-electron chi connectivity index (χ1n) is 9.66. The number of hydrogen-bond acceptors (Lipinski definition) is 3.